The highest BCUT2D eigenvalue weighted by Crippen LogP contribution is 2.30. The number of aliphatic hydroxyl groups excluding tert-OH is 1. The van der Waals surface area contributed by atoms with Crippen LogP contribution >= 0.6 is 0 Å². The Kier molecular flexibility index (Phi) is 5.40. The third-order valence-electron chi connectivity index (χ3n) is 3.80. The molecule has 0 heterocycles. The summed E-state index contributed by atoms with van der Waals surface area (Å²) in [6.07, 6.45) is 3.13. The maximum absolute atomic E-state index is 12.5. The Balaban J connectivity index is 2.77. The summed E-state index contributed by atoms with van der Waals surface area (Å²) in [6.45, 7) is 6.49. The lowest BCUT2D eigenvalue weighted by Crippen LogP contribution is -2.51. The van der Waals surface area contributed by atoms with Crippen molar-refractivity contribution in [3.63, 3.8) is 0 Å². The summed E-state index contributed by atoms with van der Waals surface area (Å²) in [6, 6.07) is 0.0992. The van der Waals surface area contributed by atoms with Crippen LogP contribution in [0.3, 0.4) is 0 Å². The standard InChI is InChI=1S/C13H26N2O2/c1-9(2)15(7-8-16)13(17)12-10(3)5-4-6-11(12)14/h9-12,16H,4-8,14H2,1-3H3. The van der Waals surface area contributed by atoms with Gasteiger partial charge < -0.3 is 15.7 Å². The number of carbonyl (C=O) groups is 1. The summed E-state index contributed by atoms with van der Waals surface area (Å²) in [7, 11) is 0. The lowest BCUT2D eigenvalue weighted by atomic mass is 9.76. The van der Waals surface area contributed by atoms with Gasteiger partial charge in [-0.1, -0.05) is 13.3 Å². The predicted octanol–water partition coefficient (Wildman–Crippen LogP) is 0.979. The third kappa shape index (κ3) is 3.42. The normalized spacial score (nSPS) is 29.4. The molecular weight excluding hydrogens is 216 g/mol. The van der Waals surface area contributed by atoms with Gasteiger partial charge in [-0.15, -0.1) is 0 Å². The molecule has 4 heteroatoms. The quantitative estimate of drug-likeness (QED) is 0.772. The molecular formula is C13H26N2O2. The lowest BCUT2D eigenvalue weighted by molar-refractivity contribution is -0.141. The summed E-state index contributed by atoms with van der Waals surface area (Å²) in [5.74, 6) is 0.401. The topological polar surface area (TPSA) is 66.6 Å². The van der Waals surface area contributed by atoms with E-state index in [4.69, 9.17) is 10.8 Å². The first kappa shape index (κ1) is 14.5. The minimum atomic E-state index is -0.0716. The first-order chi connectivity index (χ1) is 7.99. The Morgan fingerprint density at radius 3 is 2.59 bits per heavy atom. The lowest BCUT2D eigenvalue weighted by Gasteiger charge is -2.38. The molecule has 17 heavy (non-hydrogen) atoms. The molecule has 3 atom stereocenters. The zero-order valence-electron chi connectivity index (χ0n) is 11.2. The van der Waals surface area contributed by atoms with Gasteiger partial charge in [0.25, 0.3) is 0 Å². The van der Waals surface area contributed by atoms with Gasteiger partial charge in [-0.05, 0) is 32.6 Å². The number of amides is 1. The molecule has 1 aliphatic carbocycles. The highest BCUT2D eigenvalue weighted by atomic mass is 16.3. The summed E-state index contributed by atoms with van der Waals surface area (Å²) >= 11 is 0. The van der Waals surface area contributed by atoms with E-state index >= 15 is 0 Å². The number of carbonyl (C=O) groups excluding carboxylic acids is 1. The van der Waals surface area contributed by atoms with Crippen molar-refractivity contribution in [1.82, 2.24) is 4.90 Å². The molecule has 4 nitrogen and oxygen atoms in total. The second kappa shape index (κ2) is 6.36. The molecule has 1 aliphatic rings. The Bertz CT molecular complexity index is 246. The van der Waals surface area contributed by atoms with Gasteiger partial charge in [0.2, 0.25) is 5.91 Å². The average molecular weight is 242 g/mol. The van der Waals surface area contributed by atoms with Crippen molar-refractivity contribution < 1.29 is 9.90 Å². The second-order valence-corrected chi connectivity index (χ2v) is 5.45. The van der Waals surface area contributed by atoms with Crippen molar-refractivity contribution in [1.29, 1.82) is 0 Å². The highest BCUT2D eigenvalue weighted by Gasteiger charge is 2.36. The van der Waals surface area contributed by atoms with Crippen molar-refractivity contribution in [2.24, 2.45) is 17.6 Å². The van der Waals surface area contributed by atoms with Crippen LogP contribution in [0.4, 0.5) is 0 Å². The van der Waals surface area contributed by atoms with E-state index in [-0.39, 0.29) is 30.5 Å². The van der Waals surface area contributed by atoms with E-state index < -0.39 is 0 Å². The maximum Gasteiger partial charge on any atom is 0.227 e. The van der Waals surface area contributed by atoms with Gasteiger partial charge in [-0.25, -0.2) is 0 Å². The molecule has 1 rings (SSSR count). The van der Waals surface area contributed by atoms with Crippen molar-refractivity contribution in [2.45, 2.75) is 52.1 Å². The molecule has 0 aromatic rings. The maximum atomic E-state index is 12.5. The number of aliphatic hydroxyl groups is 1. The molecule has 0 bridgehead atoms. The number of nitrogens with two attached hydrogens (primary N) is 1. The van der Waals surface area contributed by atoms with E-state index in [0.29, 0.717) is 12.5 Å². The zero-order chi connectivity index (χ0) is 13.0. The van der Waals surface area contributed by atoms with Crippen LogP contribution in [0.5, 0.6) is 0 Å². The van der Waals surface area contributed by atoms with Gasteiger partial charge in [0.1, 0.15) is 0 Å². The van der Waals surface area contributed by atoms with Gasteiger partial charge in [-0.2, -0.15) is 0 Å². The molecule has 0 radical (unpaired) electrons. The van der Waals surface area contributed by atoms with Gasteiger partial charge in [0.05, 0.1) is 12.5 Å². The van der Waals surface area contributed by atoms with Crippen LogP contribution in [-0.2, 0) is 4.79 Å². The molecule has 1 fully saturated rings. The summed E-state index contributed by atoms with van der Waals surface area (Å²) in [4.78, 5) is 14.2. The van der Waals surface area contributed by atoms with Crippen molar-refractivity contribution in [2.75, 3.05) is 13.2 Å². The summed E-state index contributed by atoms with van der Waals surface area (Å²) in [5, 5.41) is 9.04. The van der Waals surface area contributed by atoms with Crippen LogP contribution < -0.4 is 5.73 Å². The van der Waals surface area contributed by atoms with Crippen LogP contribution in [0.15, 0.2) is 0 Å². The highest BCUT2D eigenvalue weighted by molar-refractivity contribution is 5.80. The number of rotatable bonds is 4. The molecule has 0 aliphatic heterocycles. The number of hydrogen-bond acceptors (Lipinski definition) is 3. The Labute approximate surface area is 104 Å². The van der Waals surface area contributed by atoms with Crippen LogP contribution in [-0.4, -0.2) is 41.1 Å². The molecule has 1 amide bonds. The molecule has 3 N–H and O–H groups in total. The number of hydrogen-bond donors (Lipinski definition) is 2. The minimum Gasteiger partial charge on any atom is -0.395 e. The monoisotopic (exact) mass is 242 g/mol. The van der Waals surface area contributed by atoms with Crippen LogP contribution in [0.25, 0.3) is 0 Å². The largest absolute Gasteiger partial charge is 0.395 e. The van der Waals surface area contributed by atoms with Crippen molar-refractivity contribution in [3.05, 3.63) is 0 Å². The smallest absolute Gasteiger partial charge is 0.227 e. The van der Waals surface area contributed by atoms with Crippen LogP contribution in [0, 0.1) is 11.8 Å². The molecule has 1 saturated carbocycles. The van der Waals surface area contributed by atoms with Crippen molar-refractivity contribution in [3.8, 4) is 0 Å². The van der Waals surface area contributed by atoms with E-state index in [1.165, 1.54) is 0 Å². The molecule has 0 spiro atoms. The first-order valence-electron chi connectivity index (χ1n) is 6.66. The molecule has 0 aromatic carbocycles. The predicted molar refractivity (Wildman–Crippen MR) is 68.4 cm³/mol. The fourth-order valence-electron chi connectivity index (χ4n) is 2.81. The first-order valence-corrected chi connectivity index (χ1v) is 6.66. The van der Waals surface area contributed by atoms with E-state index in [0.717, 1.165) is 19.3 Å². The summed E-state index contributed by atoms with van der Waals surface area (Å²) < 4.78 is 0. The van der Waals surface area contributed by atoms with Gasteiger partial charge >= 0.3 is 0 Å². The zero-order valence-corrected chi connectivity index (χ0v) is 11.2. The number of nitrogens with zero attached hydrogens (tertiary/aromatic N) is 1. The van der Waals surface area contributed by atoms with Gasteiger partial charge in [-0.3, -0.25) is 4.79 Å². The Morgan fingerprint density at radius 2 is 2.12 bits per heavy atom. The van der Waals surface area contributed by atoms with E-state index in [1.54, 1.807) is 4.90 Å². The van der Waals surface area contributed by atoms with E-state index in [9.17, 15) is 4.79 Å². The third-order valence-corrected chi connectivity index (χ3v) is 3.80. The fourth-order valence-corrected chi connectivity index (χ4v) is 2.81. The summed E-state index contributed by atoms with van der Waals surface area (Å²) in [5.41, 5.74) is 6.09. The Hall–Kier alpha value is -0.610. The van der Waals surface area contributed by atoms with Crippen LogP contribution in [0.1, 0.15) is 40.0 Å². The van der Waals surface area contributed by atoms with E-state index in [2.05, 4.69) is 6.92 Å². The SMILES string of the molecule is CC1CCCC(N)C1C(=O)N(CCO)C(C)C. The van der Waals surface area contributed by atoms with Crippen molar-refractivity contribution >= 4 is 5.91 Å². The molecule has 3 unspecified atom stereocenters. The molecule has 100 valence electrons. The van der Waals surface area contributed by atoms with Gasteiger partial charge in [0.15, 0.2) is 0 Å². The van der Waals surface area contributed by atoms with E-state index in [1.807, 2.05) is 13.8 Å². The van der Waals surface area contributed by atoms with Gasteiger partial charge in [0, 0.05) is 18.6 Å². The second-order valence-electron chi connectivity index (χ2n) is 5.45. The molecule has 0 aromatic heterocycles. The molecule has 0 saturated heterocycles. The minimum absolute atomic E-state index is 0.0141. The Morgan fingerprint density at radius 1 is 1.47 bits per heavy atom. The fraction of sp³-hybridized carbons (Fsp3) is 0.923. The van der Waals surface area contributed by atoms with Crippen LogP contribution in [0.2, 0.25) is 0 Å². The average Bonchev–Trinajstić information content (AvgIpc) is 2.24.